The van der Waals surface area contributed by atoms with Crippen molar-refractivity contribution in [2.45, 2.75) is 44.0 Å². The Bertz CT molecular complexity index is 1290. The van der Waals surface area contributed by atoms with E-state index in [0.717, 1.165) is 33.8 Å². The number of fused-ring (bicyclic) bond motifs is 1. The van der Waals surface area contributed by atoms with E-state index in [4.69, 9.17) is 4.74 Å². The second-order valence-corrected chi connectivity index (χ2v) is 9.55. The third kappa shape index (κ3) is 6.44. The zero-order chi connectivity index (χ0) is 27.3. The maximum atomic E-state index is 13.0. The number of pyridine rings is 1. The first-order valence-corrected chi connectivity index (χ1v) is 13.1. The molecule has 2 aromatic heterocycles. The molecule has 0 aliphatic heterocycles. The molecule has 202 valence electrons. The van der Waals surface area contributed by atoms with E-state index >= 15 is 0 Å². The molecule has 0 radical (unpaired) electrons. The molecule has 2 heterocycles. The molecule has 0 saturated heterocycles. The van der Waals surface area contributed by atoms with Crippen LogP contribution in [-0.2, 0) is 15.8 Å². The lowest BCUT2D eigenvalue weighted by Gasteiger charge is -2.35. The van der Waals surface area contributed by atoms with E-state index < -0.39 is 11.7 Å². The summed E-state index contributed by atoms with van der Waals surface area (Å²) in [4.78, 5) is 39.1. The summed E-state index contributed by atoms with van der Waals surface area (Å²) in [6, 6.07) is 6.49. The highest BCUT2D eigenvalue weighted by Crippen LogP contribution is 2.32. The highest BCUT2D eigenvalue weighted by atomic mass is 32.2. The Labute approximate surface area is 221 Å². The summed E-state index contributed by atoms with van der Waals surface area (Å²) < 4.78 is 48.4. The predicted molar refractivity (Wildman–Crippen MR) is 139 cm³/mol. The van der Waals surface area contributed by atoms with Crippen molar-refractivity contribution in [2.24, 2.45) is 0 Å². The van der Waals surface area contributed by atoms with Gasteiger partial charge in [-0.15, -0.1) is 0 Å². The molecule has 1 saturated carbocycles. The van der Waals surface area contributed by atoms with E-state index in [1.165, 1.54) is 18.3 Å². The van der Waals surface area contributed by atoms with Crippen LogP contribution in [0.1, 0.15) is 31.2 Å². The molecule has 0 bridgehead atoms. The van der Waals surface area contributed by atoms with Crippen molar-refractivity contribution in [3.63, 3.8) is 0 Å². The van der Waals surface area contributed by atoms with Gasteiger partial charge in [-0.25, -0.2) is 9.97 Å². The molecule has 0 spiro atoms. The van der Waals surface area contributed by atoms with E-state index in [-0.39, 0.29) is 30.3 Å². The molecular weight excluding hydrogens is 521 g/mol. The summed E-state index contributed by atoms with van der Waals surface area (Å²) >= 11 is 1.49. The van der Waals surface area contributed by atoms with Crippen molar-refractivity contribution >= 4 is 46.5 Å². The number of hydrogen-bond donors (Lipinski definition) is 1. The zero-order valence-electron chi connectivity index (χ0n) is 20.8. The Hall–Kier alpha value is -3.61. The fourth-order valence-corrected chi connectivity index (χ4v) is 4.77. The number of likely N-dealkylation sites (N-methyl/N-ethyl adjacent to an activating group) is 1. The molecule has 3 aromatic rings. The van der Waals surface area contributed by atoms with Gasteiger partial charge in [0.05, 0.1) is 28.4 Å². The second-order valence-electron chi connectivity index (χ2n) is 8.93. The third-order valence-electron chi connectivity index (χ3n) is 6.50. The average molecular weight is 549 g/mol. The molecule has 1 aliphatic carbocycles. The number of aromatic nitrogens is 3. The largest absolute Gasteiger partial charge is 0.474 e. The molecular formula is C25H27F3N6O3S. The molecule has 4 rings (SSSR count). The van der Waals surface area contributed by atoms with Crippen LogP contribution in [0.5, 0.6) is 5.88 Å². The normalized spacial score (nSPS) is 17.6. The first-order chi connectivity index (χ1) is 18.2. The molecule has 9 nitrogen and oxygen atoms in total. The molecule has 1 aromatic carbocycles. The summed E-state index contributed by atoms with van der Waals surface area (Å²) in [5, 5.41) is 0.812. The number of rotatable bonds is 9. The van der Waals surface area contributed by atoms with Gasteiger partial charge >= 0.3 is 6.18 Å². The maximum Gasteiger partial charge on any atom is 0.417 e. The van der Waals surface area contributed by atoms with Crippen molar-refractivity contribution in [3.05, 3.63) is 48.5 Å². The second kappa shape index (κ2) is 11.8. The molecule has 0 unspecified atom stereocenters. The SMILES string of the molecule is CSNc1ccc2c(OC3CCC(N(C)C(=O)CN(C=O)c4cncc(C(F)(F)F)c4)CC3)ncnc2c1. The number of carbonyl (C=O) groups is 2. The van der Waals surface area contributed by atoms with Gasteiger partial charge < -0.3 is 19.3 Å². The minimum Gasteiger partial charge on any atom is -0.474 e. The van der Waals surface area contributed by atoms with Crippen LogP contribution in [0.3, 0.4) is 0 Å². The number of halogens is 3. The zero-order valence-corrected chi connectivity index (χ0v) is 21.6. The molecule has 13 heteroatoms. The Morgan fingerprint density at radius 2 is 1.95 bits per heavy atom. The monoisotopic (exact) mass is 548 g/mol. The Morgan fingerprint density at radius 3 is 2.63 bits per heavy atom. The topological polar surface area (TPSA) is 101 Å². The van der Waals surface area contributed by atoms with Crippen LogP contribution in [-0.4, -0.2) is 64.2 Å². The molecule has 2 amide bonds. The van der Waals surface area contributed by atoms with Gasteiger partial charge in [-0.1, -0.05) is 11.9 Å². The summed E-state index contributed by atoms with van der Waals surface area (Å²) in [5.41, 5.74) is 0.612. The van der Waals surface area contributed by atoms with Crippen molar-refractivity contribution in [2.75, 3.05) is 29.5 Å². The van der Waals surface area contributed by atoms with Crippen molar-refractivity contribution in [1.82, 2.24) is 19.9 Å². The summed E-state index contributed by atoms with van der Waals surface area (Å²) in [6.45, 7) is -0.389. The number of ether oxygens (including phenoxy) is 1. The van der Waals surface area contributed by atoms with Crippen molar-refractivity contribution < 1.29 is 27.5 Å². The van der Waals surface area contributed by atoms with Gasteiger partial charge in [-0.2, -0.15) is 13.2 Å². The van der Waals surface area contributed by atoms with E-state index in [9.17, 15) is 22.8 Å². The van der Waals surface area contributed by atoms with Crippen LogP contribution in [0.25, 0.3) is 10.9 Å². The molecule has 0 atom stereocenters. The molecule has 1 aliphatic rings. The van der Waals surface area contributed by atoms with E-state index in [2.05, 4.69) is 19.7 Å². The summed E-state index contributed by atoms with van der Waals surface area (Å²) in [6.07, 6.45) is 3.56. The number of carbonyl (C=O) groups excluding carboxylic acids is 2. The molecule has 1 N–H and O–H groups in total. The van der Waals surface area contributed by atoms with Gasteiger partial charge in [0.15, 0.2) is 0 Å². The number of nitrogens with one attached hydrogen (secondary N) is 1. The van der Waals surface area contributed by atoms with E-state index in [0.29, 0.717) is 44.2 Å². The fourth-order valence-electron chi connectivity index (χ4n) is 4.41. The molecule has 1 fully saturated rings. The van der Waals surface area contributed by atoms with Gasteiger partial charge in [0.1, 0.15) is 19.0 Å². The Balaban J connectivity index is 1.34. The number of hydrogen-bond acceptors (Lipinski definition) is 8. The smallest absolute Gasteiger partial charge is 0.417 e. The van der Waals surface area contributed by atoms with Crippen LogP contribution in [0, 0.1) is 0 Å². The molecule has 38 heavy (non-hydrogen) atoms. The first-order valence-electron chi connectivity index (χ1n) is 11.9. The number of amides is 2. The average Bonchev–Trinajstić information content (AvgIpc) is 2.91. The quantitative estimate of drug-likeness (QED) is 0.307. The van der Waals surface area contributed by atoms with Gasteiger partial charge in [0.2, 0.25) is 18.2 Å². The lowest BCUT2D eigenvalue weighted by molar-refractivity contribution is -0.137. The first kappa shape index (κ1) is 27.4. The third-order valence-corrected chi connectivity index (χ3v) is 6.94. The fraction of sp³-hybridized carbons (Fsp3) is 0.400. The highest BCUT2D eigenvalue weighted by Gasteiger charge is 2.32. The Kier molecular flexibility index (Phi) is 8.55. The number of nitrogens with zero attached hydrogens (tertiary/aromatic N) is 5. The van der Waals surface area contributed by atoms with Crippen LogP contribution in [0.2, 0.25) is 0 Å². The van der Waals surface area contributed by atoms with E-state index in [1.807, 2.05) is 24.5 Å². The van der Waals surface area contributed by atoms with Crippen LogP contribution < -0.4 is 14.4 Å². The van der Waals surface area contributed by atoms with Gasteiger partial charge in [-0.3, -0.25) is 14.6 Å². The Morgan fingerprint density at radius 1 is 1.18 bits per heavy atom. The van der Waals surface area contributed by atoms with Crippen molar-refractivity contribution in [1.29, 1.82) is 0 Å². The van der Waals surface area contributed by atoms with Gasteiger partial charge in [0.25, 0.3) is 0 Å². The highest BCUT2D eigenvalue weighted by molar-refractivity contribution is 7.99. The van der Waals surface area contributed by atoms with Crippen LogP contribution >= 0.6 is 11.9 Å². The number of anilines is 2. The summed E-state index contributed by atoms with van der Waals surface area (Å²) in [7, 11) is 1.64. The maximum absolute atomic E-state index is 13.0. The predicted octanol–water partition coefficient (Wildman–Crippen LogP) is 4.54. The lowest BCUT2D eigenvalue weighted by Crippen LogP contribution is -2.45. The lowest BCUT2D eigenvalue weighted by atomic mass is 9.92. The number of alkyl halides is 3. The standard InChI is InChI=1S/C25H27F3N6O3S/c1-33(23(36)13-34(15-35)19-9-16(11-29-12-19)25(26,27)28)18-4-6-20(7-5-18)37-24-21-8-3-17(32-38-2)10-22(21)30-14-31-24/h3,8-12,14-15,18,20,32H,4-7,13H2,1-2H3. The van der Waals surface area contributed by atoms with Crippen LogP contribution in [0.4, 0.5) is 24.5 Å². The van der Waals surface area contributed by atoms with E-state index in [1.54, 1.807) is 11.9 Å². The number of benzene rings is 1. The van der Waals surface area contributed by atoms with Crippen LogP contribution in [0.15, 0.2) is 43.0 Å². The minimum absolute atomic E-state index is 0.0838. The van der Waals surface area contributed by atoms with Gasteiger partial charge in [-0.05, 0) is 49.9 Å². The minimum atomic E-state index is -4.61. The summed E-state index contributed by atoms with van der Waals surface area (Å²) in [5.74, 6) is 0.130. The van der Waals surface area contributed by atoms with Gasteiger partial charge in [0, 0.05) is 31.2 Å². The van der Waals surface area contributed by atoms with Crippen molar-refractivity contribution in [3.8, 4) is 5.88 Å².